The Balaban J connectivity index is 1.78. The number of rotatable bonds is 4. The summed E-state index contributed by atoms with van der Waals surface area (Å²) in [5, 5.41) is 4.22. The van der Waals surface area contributed by atoms with Crippen LogP contribution in [0.4, 0.5) is 0 Å². The number of benzene rings is 1. The van der Waals surface area contributed by atoms with E-state index in [-0.39, 0.29) is 0 Å². The van der Waals surface area contributed by atoms with E-state index in [4.69, 9.17) is 4.42 Å². The monoisotopic (exact) mass is 330 g/mol. The molecule has 0 saturated heterocycles. The first-order valence-electron chi connectivity index (χ1n) is 6.07. The van der Waals surface area contributed by atoms with Crippen LogP contribution in [0.1, 0.15) is 16.1 Å². The highest BCUT2D eigenvalue weighted by Gasteiger charge is 2.04. The fourth-order valence-electron chi connectivity index (χ4n) is 1.96. The summed E-state index contributed by atoms with van der Waals surface area (Å²) in [6.45, 7) is 0.712. The number of hydrogen-bond acceptors (Lipinski definition) is 3. The average Bonchev–Trinajstić information content (AvgIpc) is 3.09. The van der Waals surface area contributed by atoms with E-state index in [9.17, 15) is 4.79 Å². The summed E-state index contributed by atoms with van der Waals surface area (Å²) in [5.41, 5.74) is 2.09. The van der Waals surface area contributed by atoms with E-state index in [1.54, 1.807) is 18.3 Å². The van der Waals surface area contributed by atoms with Crippen LogP contribution in [-0.2, 0) is 6.54 Å². The second-order valence-electron chi connectivity index (χ2n) is 4.37. The predicted octanol–water partition coefficient (Wildman–Crippen LogP) is 3.77. The third-order valence-electron chi connectivity index (χ3n) is 2.93. The molecular weight excluding hydrogens is 320 g/mol. The van der Waals surface area contributed by atoms with Gasteiger partial charge in [0.05, 0.1) is 17.2 Å². The van der Waals surface area contributed by atoms with E-state index < -0.39 is 0 Å². The molecule has 1 aromatic carbocycles. The normalized spacial score (nSPS) is 10.7. The minimum atomic E-state index is 0.338. The van der Waals surface area contributed by atoms with Crippen molar-refractivity contribution in [1.82, 2.24) is 9.78 Å². The van der Waals surface area contributed by atoms with Crippen molar-refractivity contribution in [3.63, 3.8) is 0 Å². The molecule has 20 heavy (non-hydrogen) atoms. The van der Waals surface area contributed by atoms with Gasteiger partial charge in [-0.3, -0.25) is 9.48 Å². The van der Waals surface area contributed by atoms with Crippen LogP contribution in [0.2, 0.25) is 0 Å². The Morgan fingerprint density at radius 2 is 2.00 bits per heavy atom. The molecule has 0 saturated carbocycles. The smallest absolute Gasteiger partial charge is 0.185 e. The van der Waals surface area contributed by atoms with Crippen LogP contribution in [0.25, 0.3) is 11.3 Å². The molecule has 0 aliphatic carbocycles. The first-order chi connectivity index (χ1) is 9.74. The molecule has 2 aromatic heterocycles. The van der Waals surface area contributed by atoms with Gasteiger partial charge in [-0.15, -0.1) is 0 Å². The zero-order valence-electron chi connectivity index (χ0n) is 10.5. The van der Waals surface area contributed by atoms with Gasteiger partial charge < -0.3 is 4.42 Å². The van der Waals surface area contributed by atoms with Gasteiger partial charge >= 0.3 is 0 Å². The van der Waals surface area contributed by atoms with Crippen LogP contribution in [-0.4, -0.2) is 16.1 Å². The molecule has 3 rings (SSSR count). The molecule has 4 nitrogen and oxygen atoms in total. The number of furan rings is 1. The minimum Gasteiger partial charge on any atom is -0.453 e. The molecular formula is C15H11BrN2O2. The number of nitrogens with zero attached hydrogens (tertiary/aromatic N) is 2. The van der Waals surface area contributed by atoms with Crippen molar-refractivity contribution in [2.75, 3.05) is 0 Å². The lowest BCUT2D eigenvalue weighted by Gasteiger charge is -2.03. The summed E-state index contributed by atoms with van der Waals surface area (Å²) in [7, 11) is 0. The average molecular weight is 331 g/mol. The van der Waals surface area contributed by atoms with Gasteiger partial charge in [-0.05, 0) is 33.6 Å². The van der Waals surface area contributed by atoms with E-state index >= 15 is 0 Å². The third-order valence-corrected chi connectivity index (χ3v) is 3.34. The summed E-state index contributed by atoms with van der Waals surface area (Å²) in [6, 6.07) is 11.4. The summed E-state index contributed by atoms with van der Waals surface area (Å²) in [6.07, 6.45) is 4.39. The van der Waals surface area contributed by atoms with E-state index in [2.05, 4.69) is 21.0 Å². The van der Waals surface area contributed by atoms with Crippen molar-refractivity contribution >= 4 is 22.2 Å². The lowest BCUT2D eigenvalue weighted by molar-refractivity contribution is 0.110. The molecule has 0 atom stereocenters. The maximum Gasteiger partial charge on any atom is 0.185 e. The zero-order valence-corrected chi connectivity index (χ0v) is 12.1. The first-order valence-corrected chi connectivity index (χ1v) is 6.86. The van der Waals surface area contributed by atoms with Crippen molar-refractivity contribution in [3.8, 4) is 11.3 Å². The first kappa shape index (κ1) is 12.9. The van der Waals surface area contributed by atoms with Gasteiger partial charge in [0.2, 0.25) is 0 Å². The molecule has 2 heterocycles. The second-order valence-corrected chi connectivity index (χ2v) is 5.29. The van der Waals surface area contributed by atoms with Gasteiger partial charge in [-0.25, -0.2) is 0 Å². The summed E-state index contributed by atoms with van der Waals surface area (Å²) >= 11 is 3.37. The van der Waals surface area contributed by atoms with Crippen LogP contribution in [0, 0.1) is 0 Å². The Hall–Kier alpha value is -2.14. The van der Waals surface area contributed by atoms with Gasteiger partial charge in [0.15, 0.2) is 12.0 Å². The van der Waals surface area contributed by atoms with Crippen molar-refractivity contribution in [1.29, 1.82) is 0 Å². The van der Waals surface area contributed by atoms with Crippen LogP contribution in [0.5, 0.6) is 0 Å². The number of hydrogen-bond donors (Lipinski definition) is 0. The summed E-state index contributed by atoms with van der Waals surface area (Å²) < 4.78 is 8.21. The quantitative estimate of drug-likeness (QED) is 0.684. The second kappa shape index (κ2) is 5.46. The summed E-state index contributed by atoms with van der Waals surface area (Å²) in [5.74, 6) is 1.03. The number of halogens is 1. The zero-order chi connectivity index (χ0) is 13.9. The van der Waals surface area contributed by atoms with E-state index in [0.29, 0.717) is 24.4 Å². The van der Waals surface area contributed by atoms with Gasteiger partial charge in [0.25, 0.3) is 0 Å². The Morgan fingerprint density at radius 3 is 2.60 bits per heavy atom. The predicted molar refractivity (Wildman–Crippen MR) is 78.6 cm³/mol. The highest BCUT2D eigenvalue weighted by atomic mass is 79.9. The van der Waals surface area contributed by atoms with Gasteiger partial charge in [-0.2, -0.15) is 5.10 Å². The molecule has 100 valence electrons. The number of carbonyl (C=O) groups is 1. The van der Waals surface area contributed by atoms with Crippen molar-refractivity contribution in [2.24, 2.45) is 0 Å². The van der Waals surface area contributed by atoms with Crippen molar-refractivity contribution in [3.05, 3.63) is 64.6 Å². The van der Waals surface area contributed by atoms with Crippen molar-refractivity contribution < 1.29 is 9.21 Å². The molecule has 0 aliphatic heterocycles. The summed E-state index contributed by atoms with van der Waals surface area (Å²) in [4.78, 5) is 10.6. The molecule has 0 unspecified atom stereocenters. The molecule has 0 radical (unpaired) electrons. The van der Waals surface area contributed by atoms with Crippen molar-refractivity contribution in [2.45, 2.75) is 6.54 Å². The van der Waals surface area contributed by atoms with E-state index in [0.717, 1.165) is 15.6 Å². The Kier molecular flexibility index (Phi) is 3.52. The van der Waals surface area contributed by atoms with Crippen LogP contribution >= 0.6 is 15.9 Å². The van der Waals surface area contributed by atoms with Gasteiger partial charge in [0.1, 0.15) is 5.76 Å². The number of carbonyl (C=O) groups excluding carboxylic acids is 1. The number of aromatic nitrogens is 2. The third kappa shape index (κ3) is 2.72. The largest absolute Gasteiger partial charge is 0.453 e. The molecule has 0 fully saturated rings. The maximum absolute atomic E-state index is 10.6. The highest BCUT2D eigenvalue weighted by molar-refractivity contribution is 9.10. The Bertz CT molecular complexity index is 728. The maximum atomic E-state index is 10.6. The standard InChI is InChI=1S/C15H11BrN2O2/c16-13-7-17-18(9-13)8-11-1-3-12(4-2-11)15-6-5-14(10-19)20-15/h1-7,9-10H,8H2. The molecule has 0 amide bonds. The fraction of sp³-hybridized carbons (Fsp3) is 0.0667. The molecule has 3 aromatic rings. The SMILES string of the molecule is O=Cc1ccc(-c2ccc(Cn3cc(Br)cn3)cc2)o1. The lowest BCUT2D eigenvalue weighted by atomic mass is 10.1. The molecule has 0 N–H and O–H groups in total. The Labute approximate surface area is 124 Å². The Morgan fingerprint density at radius 1 is 1.20 bits per heavy atom. The van der Waals surface area contributed by atoms with E-state index in [1.807, 2.05) is 35.1 Å². The highest BCUT2D eigenvalue weighted by Crippen LogP contribution is 2.22. The van der Waals surface area contributed by atoms with E-state index in [1.165, 1.54) is 0 Å². The molecule has 0 aliphatic rings. The van der Waals surface area contributed by atoms with Crippen LogP contribution in [0.3, 0.4) is 0 Å². The molecule has 0 spiro atoms. The topological polar surface area (TPSA) is 48.0 Å². The molecule has 5 heteroatoms. The van der Waals surface area contributed by atoms with Gasteiger partial charge in [-0.1, -0.05) is 24.3 Å². The lowest BCUT2D eigenvalue weighted by Crippen LogP contribution is -1.99. The van der Waals surface area contributed by atoms with Crippen LogP contribution < -0.4 is 0 Å². The van der Waals surface area contributed by atoms with Gasteiger partial charge in [0, 0.05) is 11.8 Å². The minimum absolute atomic E-state index is 0.338. The number of aldehydes is 1. The fourth-order valence-corrected chi connectivity index (χ4v) is 2.29. The van der Waals surface area contributed by atoms with Crippen LogP contribution in [0.15, 0.2) is 57.7 Å². The molecule has 0 bridgehead atoms.